The van der Waals surface area contributed by atoms with Crippen LogP contribution in [0.1, 0.15) is 12.8 Å². The van der Waals surface area contributed by atoms with Gasteiger partial charge in [0.1, 0.15) is 18.2 Å². The fourth-order valence-corrected chi connectivity index (χ4v) is 1.42. The average Bonchev–Trinajstić information content (AvgIpc) is 3.11. The molecule has 0 atom stereocenters. The molecule has 5 N–H and O–H groups in total. The van der Waals surface area contributed by atoms with E-state index in [1.54, 1.807) is 24.3 Å². The van der Waals surface area contributed by atoms with Crippen molar-refractivity contribution >= 4 is 17.6 Å². The summed E-state index contributed by atoms with van der Waals surface area (Å²) < 4.78 is 5.33. The lowest BCUT2D eigenvalue weighted by atomic mass is 10.3. The summed E-state index contributed by atoms with van der Waals surface area (Å²) >= 11 is 0. The Labute approximate surface area is 105 Å². The maximum absolute atomic E-state index is 11.6. The van der Waals surface area contributed by atoms with Crippen LogP contribution in [0.15, 0.2) is 24.3 Å². The number of urea groups is 1. The predicted octanol–water partition coefficient (Wildman–Crippen LogP) is 1.29. The van der Waals surface area contributed by atoms with Gasteiger partial charge in [-0.3, -0.25) is 5.41 Å². The minimum Gasteiger partial charge on any atom is -0.484 e. The van der Waals surface area contributed by atoms with Gasteiger partial charge in [-0.2, -0.15) is 0 Å². The zero-order valence-corrected chi connectivity index (χ0v) is 9.90. The van der Waals surface area contributed by atoms with Gasteiger partial charge in [-0.15, -0.1) is 0 Å². The van der Waals surface area contributed by atoms with Crippen LogP contribution in [0.2, 0.25) is 0 Å². The topological polar surface area (TPSA) is 100 Å². The summed E-state index contributed by atoms with van der Waals surface area (Å²) in [5, 5.41) is 12.7. The number of benzene rings is 1. The van der Waals surface area contributed by atoms with Crippen LogP contribution in [0.25, 0.3) is 0 Å². The molecule has 0 spiro atoms. The lowest BCUT2D eigenvalue weighted by molar-refractivity contribution is 0.251. The Hall–Kier alpha value is -2.24. The van der Waals surface area contributed by atoms with Crippen LogP contribution in [0.4, 0.5) is 10.5 Å². The normalized spacial score (nSPS) is 13.8. The third-order valence-corrected chi connectivity index (χ3v) is 2.43. The van der Waals surface area contributed by atoms with E-state index in [-0.39, 0.29) is 18.5 Å². The number of amidine groups is 1. The molecule has 0 aromatic heterocycles. The lowest BCUT2D eigenvalue weighted by Crippen LogP contribution is -2.30. The summed E-state index contributed by atoms with van der Waals surface area (Å²) in [6.45, 7) is 0.00291. The molecule has 1 aromatic carbocycles. The second kappa shape index (κ2) is 5.39. The van der Waals surface area contributed by atoms with Gasteiger partial charge in [-0.1, -0.05) is 12.1 Å². The Bertz CT molecular complexity index is 457. The molecule has 6 heteroatoms. The highest BCUT2D eigenvalue weighted by molar-refractivity contribution is 5.91. The number of carbonyl (C=O) groups is 1. The number of carbonyl (C=O) groups excluding carboxylic acids is 1. The summed E-state index contributed by atoms with van der Waals surface area (Å²) in [4.78, 5) is 11.6. The van der Waals surface area contributed by atoms with Gasteiger partial charge in [0.25, 0.3) is 0 Å². The number of hydrogen-bond acceptors (Lipinski definition) is 3. The predicted molar refractivity (Wildman–Crippen MR) is 69.0 cm³/mol. The molecule has 1 saturated carbocycles. The van der Waals surface area contributed by atoms with Crippen molar-refractivity contribution in [3.05, 3.63) is 24.3 Å². The lowest BCUT2D eigenvalue weighted by Gasteiger charge is -2.12. The molecule has 96 valence electrons. The van der Waals surface area contributed by atoms with Crippen LogP contribution >= 0.6 is 0 Å². The summed E-state index contributed by atoms with van der Waals surface area (Å²) in [6, 6.07) is 7.11. The van der Waals surface area contributed by atoms with Crippen molar-refractivity contribution in [1.29, 1.82) is 5.41 Å². The monoisotopic (exact) mass is 248 g/mol. The van der Waals surface area contributed by atoms with Crippen molar-refractivity contribution in [2.24, 2.45) is 5.73 Å². The molecule has 2 rings (SSSR count). The van der Waals surface area contributed by atoms with Gasteiger partial charge < -0.3 is 21.1 Å². The Morgan fingerprint density at radius 1 is 1.44 bits per heavy atom. The van der Waals surface area contributed by atoms with Crippen molar-refractivity contribution in [2.75, 3.05) is 11.9 Å². The van der Waals surface area contributed by atoms with E-state index in [0.29, 0.717) is 17.5 Å². The van der Waals surface area contributed by atoms with Crippen LogP contribution in [0.5, 0.6) is 5.75 Å². The largest absolute Gasteiger partial charge is 0.484 e. The van der Waals surface area contributed by atoms with Crippen LogP contribution < -0.4 is 21.1 Å². The molecule has 0 unspecified atom stereocenters. The van der Waals surface area contributed by atoms with E-state index in [9.17, 15) is 4.79 Å². The number of amides is 2. The molecule has 2 amide bonds. The van der Waals surface area contributed by atoms with Crippen molar-refractivity contribution in [3.63, 3.8) is 0 Å². The number of nitrogens with one attached hydrogen (secondary N) is 3. The zero-order chi connectivity index (χ0) is 13.0. The molecule has 1 aliphatic carbocycles. The minimum atomic E-state index is -0.239. The minimum absolute atomic E-state index is 0.00291. The highest BCUT2D eigenvalue weighted by Crippen LogP contribution is 2.24. The third kappa shape index (κ3) is 3.65. The molecule has 0 heterocycles. The van der Waals surface area contributed by atoms with Crippen LogP contribution in [0.3, 0.4) is 0 Å². The number of ether oxygens (including phenoxy) is 1. The number of nitrogens with two attached hydrogens (primary N) is 1. The van der Waals surface area contributed by atoms with E-state index in [1.165, 1.54) is 0 Å². The SMILES string of the molecule is N=C(N)COc1ccccc1NC(=O)NC1CC1. The zero-order valence-electron chi connectivity index (χ0n) is 9.90. The third-order valence-electron chi connectivity index (χ3n) is 2.43. The van der Waals surface area contributed by atoms with Gasteiger partial charge in [0, 0.05) is 6.04 Å². The molecule has 0 radical (unpaired) electrons. The van der Waals surface area contributed by atoms with Gasteiger partial charge in [-0.05, 0) is 25.0 Å². The molecule has 1 aromatic rings. The highest BCUT2D eigenvalue weighted by atomic mass is 16.5. The first-order valence-corrected chi connectivity index (χ1v) is 5.77. The van der Waals surface area contributed by atoms with E-state index in [0.717, 1.165) is 12.8 Å². The molecule has 0 saturated heterocycles. The smallest absolute Gasteiger partial charge is 0.319 e. The fraction of sp³-hybridized carbons (Fsp3) is 0.333. The number of hydrogen-bond donors (Lipinski definition) is 4. The summed E-state index contributed by atoms with van der Waals surface area (Å²) in [5.41, 5.74) is 5.79. The standard InChI is InChI=1S/C12H16N4O2/c13-11(14)7-18-10-4-2-1-3-9(10)16-12(17)15-8-5-6-8/h1-4,8H,5-7H2,(H3,13,14)(H2,15,16,17). The summed E-state index contributed by atoms with van der Waals surface area (Å²) in [5.74, 6) is 0.436. The van der Waals surface area contributed by atoms with Gasteiger partial charge in [-0.25, -0.2) is 4.79 Å². The first-order valence-electron chi connectivity index (χ1n) is 5.77. The first-order chi connectivity index (χ1) is 8.65. The summed E-state index contributed by atoms with van der Waals surface area (Å²) in [7, 11) is 0. The maximum atomic E-state index is 11.6. The van der Waals surface area contributed by atoms with E-state index >= 15 is 0 Å². The van der Waals surface area contributed by atoms with Crippen molar-refractivity contribution in [3.8, 4) is 5.75 Å². The molecule has 6 nitrogen and oxygen atoms in total. The molecule has 1 fully saturated rings. The first kappa shape index (κ1) is 12.2. The van der Waals surface area contributed by atoms with Crippen molar-refractivity contribution in [2.45, 2.75) is 18.9 Å². The van der Waals surface area contributed by atoms with Crippen LogP contribution in [-0.4, -0.2) is 24.5 Å². The van der Waals surface area contributed by atoms with E-state index < -0.39 is 0 Å². The van der Waals surface area contributed by atoms with Gasteiger partial charge in [0.15, 0.2) is 0 Å². The molecule has 1 aliphatic rings. The average molecular weight is 248 g/mol. The Balaban J connectivity index is 1.96. The second-order valence-corrected chi connectivity index (χ2v) is 4.18. The van der Waals surface area contributed by atoms with Crippen LogP contribution in [0, 0.1) is 5.41 Å². The summed E-state index contributed by atoms with van der Waals surface area (Å²) in [6.07, 6.45) is 2.08. The molecular weight excluding hydrogens is 232 g/mol. The Morgan fingerprint density at radius 3 is 2.83 bits per heavy atom. The number of anilines is 1. The quantitative estimate of drug-likeness (QED) is 0.466. The molecular formula is C12H16N4O2. The Morgan fingerprint density at radius 2 is 2.17 bits per heavy atom. The molecule has 0 bridgehead atoms. The van der Waals surface area contributed by atoms with Gasteiger partial charge in [0.2, 0.25) is 0 Å². The van der Waals surface area contributed by atoms with E-state index in [1.807, 2.05) is 0 Å². The second-order valence-electron chi connectivity index (χ2n) is 4.18. The van der Waals surface area contributed by atoms with E-state index in [2.05, 4.69) is 10.6 Å². The van der Waals surface area contributed by atoms with Crippen molar-refractivity contribution < 1.29 is 9.53 Å². The van der Waals surface area contributed by atoms with E-state index in [4.69, 9.17) is 15.9 Å². The number of para-hydroxylation sites is 2. The van der Waals surface area contributed by atoms with Crippen molar-refractivity contribution in [1.82, 2.24) is 5.32 Å². The fourth-order valence-electron chi connectivity index (χ4n) is 1.42. The molecule has 18 heavy (non-hydrogen) atoms. The van der Waals surface area contributed by atoms with Gasteiger partial charge in [0.05, 0.1) is 5.69 Å². The number of rotatable bonds is 5. The Kier molecular flexibility index (Phi) is 3.66. The maximum Gasteiger partial charge on any atom is 0.319 e. The molecule has 0 aliphatic heterocycles. The highest BCUT2D eigenvalue weighted by Gasteiger charge is 2.23. The van der Waals surface area contributed by atoms with Gasteiger partial charge >= 0.3 is 6.03 Å². The van der Waals surface area contributed by atoms with Crippen LogP contribution in [-0.2, 0) is 0 Å².